The van der Waals surface area contributed by atoms with Crippen LogP contribution in [0.4, 0.5) is 0 Å². The molecule has 1 amide bonds. The van der Waals surface area contributed by atoms with Gasteiger partial charge in [0.1, 0.15) is 6.33 Å². The Morgan fingerprint density at radius 3 is 2.64 bits per heavy atom. The molecule has 0 N–H and O–H groups in total. The number of aromatic nitrogens is 3. The molecule has 1 fully saturated rings. The van der Waals surface area contributed by atoms with Crippen LogP contribution >= 0.6 is 11.8 Å². The standard InChI is InChI=1S/C19H26N4OS/c1-13-5-6-17(16(4)8-13)23-12-20-21-19(23)25-11-18(24)22-9-14(2)7-15(3)10-22/h5-6,8,12,14-15H,7,9-11H2,1-4H3. The van der Waals surface area contributed by atoms with Crippen LogP contribution in [-0.2, 0) is 4.79 Å². The maximum atomic E-state index is 12.6. The molecular weight excluding hydrogens is 332 g/mol. The Labute approximate surface area is 153 Å². The van der Waals surface area contributed by atoms with Gasteiger partial charge < -0.3 is 4.90 Å². The van der Waals surface area contributed by atoms with Gasteiger partial charge in [0, 0.05) is 13.1 Å². The van der Waals surface area contributed by atoms with Crippen molar-refractivity contribution in [3.8, 4) is 5.69 Å². The highest BCUT2D eigenvalue weighted by Crippen LogP contribution is 2.25. The van der Waals surface area contributed by atoms with Gasteiger partial charge in [-0.05, 0) is 43.7 Å². The Kier molecular flexibility index (Phi) is 5.47. The molecule has 0 radical (unpaired) electrons. The van der Waals surface area contributed by atoms with Crippen molar-refractivity contribution in [2.75, 3.05) is 18.8 Å². The maximum Gasteiger partial charge on any atom is 0.233 e. The van der Waals surface area contributed by atoms with Crippen LogP contribution in [0.2, 0.25) is 0 Å². The van der Waals surface area contributed by atoms with Crippen LogP contribution in [0.5, 0.6) is 0 Å². The van der Waals surface area contributed by atoms with Gasteiger partial charge in [-0.2, -0.15) is 0 Å². The summed E-state index contributed by atoms with van der Waals surface area (Å²) < 4.78 is 1.97. The summed E-state index contributed by atoms with van der Waals surface area (Å²) in [6.45, 7) is 10.3. The highest BCUT2D eigenvalue weighted by Gasteiger charge is 2.25. The second-order valence-corrected chi connectivity index (χ2v) is 8.25. The van der Waals surface area contributed by atoms with E-state index in [1.165, 1.54) is 29.3 Å². The van der Waals surface area contributed by atoms with Crippen molar-refractivity contribution in [3.05, 3.63) is 35.7 Å². The zero-order chi connectivity index (χ0) is 18.0. The van der Waals surface area contributed by atoms with Gasteiger partial charge >= 0.3 is 0 Å². The minimum Gasteiger partial charge on any atom is -0.341 e. The van der Waals surface area contributed by atoms with Crippen LogP contribution in [0.15, 0.2) is 29.7 Å². The Morgan fingerprint density at radius 1 is 1.24 bits per heavy atom. The first-order chi connectivity index (χ1) is 11.9. The Morgan fingerprint density at radius 2 is 1.96 bits per heavy atom. The third-order valence-corrected chi connectivity index (χ3v) is 5.60. The summed E-state index contributed by atoms with van der Waals surface area (Å²) in [6.07, 6.45) is 2.92. The molecule has 0 aliphatic carbocycles. The van der Waals surface area contributed by atoms with Gasteiger partial charge in [-0.3, -0.25) is 9.36 Å². The highest BCUT2D eigenvalue weighted by molar-refractivity contribution is 7.99. The molecule has 1 aromatic carbocycles. The molecule has 2 atom stereocenters. The summed E-state index contributed by atoms with van der Waals surface area (Å²) in [7, 11) is 0. The fourth-order valence-corrected chi connectivity index (χ4v) is 4.47. The molecule has 1 aliphatic heterocycles. The van der Waals surface area contributed by atoms with Gasteiger partial charge in [0.15, 0.2) is 5.16 Å². The number of rotatable bonds is 4. The summed E-state index contributed by atoms with van der Waals surface area (Å²) in [4.78, 5) is 14.6. The number of hydrogen-bond acceptors (Lipinski definition) is 4. The van der Waals surface area contributed by atoms with Crippen LogP contribution in [-0.4, -0.2) is 44.4 Å². The van der Waals surface area contributed by atoms with Gasteiger partial charge in [0.2, 0.25) is 5.91 Å². The first-order valence-electron chi connectivity index (χ1n) is 8.82. The molecule has 5 nitrogen and oxygen atoms in total. The number of carbonyl (C=O) groups excluding carboxylic acids is 1. The topological polar surface area (TPSA) is 51.0 Å². The number of thioether (sulfide) groups is 1. The lowest BCUT2D eigenvalue weighted by molar-refractivity contribution is -0.130. The number of amides is 1. The molecule has 2 heterocycles. The van der Waals surface area contributed by atoms with Crippen LogP contribution in [0.3, 0.4) is 0 Å². The summed E-state index contributed by atoms with van der Waals surface area (Å²) in [5.74, 6) is 1.76. The predicted octanol–water partition coefficient (Wildman–Crippen LogP) is 3.48. The number of likely N-dealkylation sites (tertiary alicyclic amines) is 1. The Hall–Kier alpha value is -1.82. The zero-order valence-corrected chi connectivity index (χ0v) is 16.2. The monoisotopic (exact) mass is 358 g/mol. The molecule has 0 saturated carbocycles. The second kappa shape index (κ2) is 7.60. The summed E-state index contributed by atoms with van der Waals surface area (Å²) >= 11 is 1.46. The van der Waals surface area contributed by atoms with E-state index in [-0.39, 0.29) is 5.91 Å². The van der Waals surface area contributed by atoms with Crippen molar-refractivity contribution in [2.45, 2.75) is 39.3 Å². The smallest absolute Gasteiger partial charge is 0.233 e. The van der Waals surface area contributed by atoms with E-state index in [0.29, 0.717) is 17.6 Å². The van der Waals surface area contributed by atoms with Crippen LogP contribution in [0.25, 0.3) is 5.69 Å². The molecule has 3 rings (SSSR count). The van der Waals surface area contributed by atoms with Crippen LogP contribution in [0, 0.1) is 25.7 Å². The van der Waals surface area contributed by atoms with E-state index in [2.05, 4.69) is 56.1 Å². The number of aryl methyl sites for hydroxylation is 2. The number of hydrogen-bond donors (Lipinski definition) is 0. The predicted molar refractivity (Wildman–Crippen MR) is 101 cm³/mol. The molecule has 1 aliphatic rings. The maximum absolute atomic E-state index is 12.6. The normalized spacial score (nSPS) is 20.7. The quantitative estimate of drug-likeness (QED) is 0.785. The van der Waals surface area contributed by atoms with Crippen molar-refractivity contribution in [1.29, 1.82) is 0 Å². The van der Waals surface area contributed by atoms with E-state index < -0.39 is 0 Å². The largest absolute Gasteiger partial charge is 0.341 e. The molecular formula is C19H26N4OS. The van der Waals surface area contributed by atoms with Crippen LogP contribution < -0.4 is 0 Å². The van der Waals surface area contributed by atoms with Crippen molar-refractivity contribution < 1.29 is 4.79 Å². The molecule has 25 heavy (non-hydrogen) atoms. The van der Waals surface area contributed by atoms with Gasteiger partial charge in [0.25, 0.3) is 0 Å². The molecule has 1 saturated heterocycles. The first kappa shape index (κ1) is 18.0. The van der Waals surface area contributed by atoms with E-state index in [0.717, 1.165) is 23.9 Å². The summed E-state index contributed by atoms with van der Waals surface area (Å²) in [5.41, 5.74) is 3.46. The fourth-order valence-electron chi connectivity index (χ4n) is 3.65. The Balaban J connectivity index is 1.68. The molecule has 1 aromatic heterocycles. The SMILES string of the molecule is Cc1ccc(-n2cnnc2SCC(=O)N2CC(C)CC(C)C2)c(C)c1. The van der Waals surface area contributed by atoms with E-state index in [4.69, 9.17) is 0 Å². The van der Waals surface area contributed by atoms with Gasteiger partial charge in [0.05, 0.1) is 11.4 Å². The van der Waals surface area contributed by atoms with Gasteiger partial charge in [-0.25, -0.2) is 0 Å². The minimum atomic E-state index is 0.193. The molecule has 0 bridgehead atoms. The lowest BCUT2D eigenvalue weighted by Gasteiger charge is -2.34. The van der Waals surface area contributed by atoms with E-state index in [9.17, 15) is 4.79 Å². The molecule has 2 aromatic rings. The fraction of sp³-hybridized carbons (Fsp3) is 0.526. The second-order valence-electron chi connectivity index (χ2n) is 7.31. The first-order valence-corrected chi connectivity index (χ1v) is 9.81. The molecule has 6 heteroatoms. The van der Waals surface area contributed by atoms with Crippen molar-refractivity contribution >= 4 is 17.7 Å². The number of nitrogens with zero attached hydrogens (tertiary/aromatic N) is 4. The van der Waals surface area contributed by atoms with E-state index in [1.807, 2.05) is 9.47 Å². The average molecular weight is 359 g/mol. The minimum absolute atomic E-state index is 0.193. The van der Waals surface area contributed by atoms with E-state index in [1.54, 1.807) is 6.33 Å². The van der Waals surface area contributed by atoms with E-state index >= 15 is 0 Å². The highest BCUT2D eigenvalue weighted by atomic mass is 32.2. The lowest BCUT2D eigenvalue weighted by Crippen LogP contribution is -2.43. The average Bonchev–Trinajstić information content (AvgIpc) is 3.00. The molecule has 0 spiro atoms. The van der Waals surface area contributed by atoms with Crippen molar-refractivity contribution in [1.82, 2.24) is 19.7 Å². The summed E-state index contributed by atoms with van der Waals surface area (Å²) in [6, 6.07) is 6.30. The zero-order valence-electron chi connectivity index (χ0n) is 15.4. The third kappa shape index (κ3) is 4.24. The number of carbonyl (C=O) groups is 1. The van der Waals surface area contributed by atoms with Crippen molar-refractivity contribution in [3.63, 3.8) is 0 Å². The summed E-state index contributed by atoms with van der Waals surface area (Å²) in [5, 5.41) is 9.01. The van der Waals surface area contributed by atoms with Crippen LogP contribution in [0.1, 0.15) is 31.4 Å². The third-order valence-electron chi connectivity index (χ3n) is 4.67. The number of benzene rings is 1. The van der Waals surface area contributed by atoms with Gasteiger partial charge in [-0.1, -0.05) is 43.3 Å². The molecule has 2 unspecified atom stereocenters. The lowest BCUT2D eigenvalue weighted by atomic mass is 9.92. The van der Waals surface area contributed by atoms with Gasteiger partial charge in [-0.15, -0.1) is 10.2 Å². The Bertz CT molecular complexity index is 748. The number of piperidine rings is 1. The molecule has 134 valence electrons. The van der Waals surface area contributed by atoms with Crippen molar-refractivity contribution in [2.24, 2.45) is 11.8 Å².